The summed E-state index contributed by atoms with van der Waals surface area (Å²) >= 11 is 3.46. The molecule has 0 saturated heterocycles. The quantitative estimate of drug-likeness (QED) is 0.190. The van der Waals surface area contributed by atoms with Crippen molar-refractivity contribution in [2.45, 2.75) is 39.0 Å². The predicted octanol–water partition coefficient (Wildman–Crippen LogP) is 3.74. The van der Waals surface area contributed by atoms with Crippen LogP contribution in [0.25, 0.3) is 0 Å². The highest BCUT2D eigenvalue weighted by molar-refractivity contribution is 14.1. The Kier molecular flexibility index (Phi) is 8.49. The Hall–Kier alpha value is -1.88. The van der Waals surface area contributed by atoms with Crippen LogP contribution in [0.1, 0.15) is 30.8 Å². The largest absolute Gasteiger partial charge is 0.493 e. The number of ether oxygens (including phenoxy) is 2. The van der Waals surface area contributed by atoms with E-state index in [2.05, 4.69) is 43.1 Å². The number of rotatable bonds is 8. The third-order valence-electron chi connectivity index (χ3n) is 3.30. The first-order valence-electron chi connectivity index (χ1n) is 8.59. The summed E-state index contributed by atoms with van der Waals surface area (Å²) in [5, 5.41) is 4.60. The average molecular weight is 514 g/mol. The van der Waals surface area contributed by atoms with Gasteiger partial charge >= 0.3 is 0 Å². The molecule has 0 saturated carbocycles. The molecule has 1 aromatic carbocycles. The number of thioether (sulfide) groups is 1. The lowest BCUT2D eigenvalue weighted by atomic mass is 10.2. The van der Waals surface area contributed by atoms with Crippen LogP contribution in [0, 0.1) is 17.4 Å². The van der Waals surface area contributed by atoms with Crippen molar-refractivity contribution in [2.75, 3.05) is 12.9 Å². The number of hydrazone groups is 1. The molecule has 150 valence electrons. The Morgan fingerprint density at radius 2 is 1.96 bits per heavy atom. The van der Waals surface area contributed by atoms with E-state index in [0.29, 0.717) is 16.7 Å². The summed E-state index contributed by atoms with van der Waals surface area (Å²) in [6.07, 6.45) is 1.61. The number of hydrogen-bond donors (Lipinski definition) is 1. The van der Waals surface area contributed by atoms with Gasteiger partial charge in [-0.15, -0.1) is 0 Å². The van der Waals surface area contributed by atoms with Crippen molar-refractivity contribution in [3.63, 3.8) is 0 Å². The van der Waals surface area contributed by atoms with Gasteiger partial charge in [0.2, 0.25) is 0 Å². The zero-order chi connectivity index (χ0) is 20.7. The molecule has 0 atom stereocenters. The number of aryl methyl sites for hydroxylation is 2. The maximum atomic E-state index is 12.0. The van der Waals surface area contributed by atoms with Crippen LogP contribution in [0.15, 0.2) is 28.5 Å². The van der Waals surface area contributed by atoms with E-state index in [1.807, 2.05) is 45.9 Å². The van der Waals surface area contributed by atoms with Gasteiger partial charge < -0.3 is 9.47 Å². The number of hydrogen-bond acceptors (Lipinski definition) is 7. The van der Waals surface area contributed by atoms with Gasteiger partial charge in [0, 0.05) is 11.4 Å². The summed E-state index contributed by atoms with van der Waals surface area (Å²) in [6, 6.07) is 5.61. The normalized spacial score (nSPS) is 11.1. The molecule has 1 amide bonds. The van der Waals surface area contributed by atoms with Crippen molar-refractivity contribution in [3.8, 4) is 11.5 Å². The Morgan fingerprint density at radius 3 is 2.57 bits per heavy atom. The number of carbonyl (C=O) groups is 1. The number of halogens is 1. The number of benzene rings is 1. The second-order valence-electron chi connectivity index (χ2n) is 6.22. The highest BCUT2D eigenvalue weighted by Crippen LogP contribution is 2.34. The molecule has 1 N–H and O–H groups in total. The fourth-order valence-corrected chi connectivity index (χ4v) is 3.76. The van der Waals surface area contributed by atoms with E-state index in [9.17, 15) is 4.79 Å². The van der Waals surface area contributed by atoms with Gasteiger partial charge in [0.1, 0.15) is 0 Å². The zero-order valence-electron chi connectivity index (χ0n) is 16.4. The van der Waals surface area contributed by atoms with Gasteiger partial charge in [0.05, 0.1) is 28.8 Å². The van der Waals surface area contributed by atoms with Crippen molar-refractivity contribution >= 4 is 46.5 Å². The van der Waals surface area contributed by atoms with E-state index in [4.69, 9.17) is 9.47 Å². The first-order valence-corrected chi connectivity index (χ1v) is 10.7. The smallest absolute Gasteiger partial charge is 0.250 e. The second kappa shape index (κ2) is 10.6. The lowest BCUT2D eigenvalue weighted by Crippen LogP contribution is -2.19. The van der Waals surface area contributed by atoms with E-state index in [-0.39, 0.29) is 17.8 Å². The maximum absolute atomic E-state index is 12.0. The third kappa shape index (κ3) is 6.93. The summed E-state index contributed by atoms with van der Waals surface area (Å²) in [5.41, 5.74) is 5.06. The van der Waals surface area contributed by atoms with Crippen molar-refractivity contribution in [2.24, 2.45) is 5.10 Å². The molecule has 1 aromatic heterocycles. The number of amides is 1. The second-order valence-corrected chi connectivity index (χ2v) is 8.32. The number of nitrogens with zero attached hydrogens (tertiary/aromatic N) is 3. The minimum absolute atomic E-state index is 0.0416. The van der Waals surface area contributed by atoms with Crippen molar-refractivity contribution in [1.82, 2.24) is 15.4 Å². The van der Waals surface area contributed by atoms with Crippen LogP contribution in [0.5, 0.6) is 11.5 Å². The Labute approximate surface area is 182 Å². The van der Waals surface area contributed by atoms with E-state index in [0.717, 1.165) is 20.5 Å². The van der Waals surface area contributed by atoms with Gasteiger partial charge in [0.25, 0.3) is 5.91 Å². The Bertz CT molecular complexity index is 854. The third-order valence-corrected chi connectivity index (χ3v) is 4.95. The van der Waals surface area contributed by atoms with Gasteiger partial charge in [-0.1, -0.05) is 11.8 Å². The first kappa shape index (κ1) is 22.4. The van der Waals surface area contributed by atoms with Gasteiger partial charge in [-0.25, -0.2) is 15.4 Å². The molecule has 2 aromatic rings. The predicted molar refractivity (Wildman–Crippen MR) is 119 cm³/mol. The standard InChI is InChI=1S/C19H23IN4O3S/c1-11(2)27-18-15(20)7-14(8-16(18)26-5)9-21-24-17(25)10-28-19-22-12(3)6-13(4)23-19/h6-9,11H,10H2,1-5H3,(H,24,25)/b21-9-. The number of aromatic nitrogens is 2. The molecule has 9 heteroatoms. The number of nitrogens with one attached hydrogen (secondary N) is 1. The summed E-state index contributed by atoms with van der Waals surface area (Å²) in [4.78, 5) is 20.6. The van der Waals surface area contributed by atoms with Crippen LogP contribution < -0.4 is 14.9 Å². The van der Waals surface area contributed by atoms with Gasteiger partial charge in [-0.3, -0.25) is 4.79 Å². The summed E-state index contributed by atoms with van der Waals surface area (Å²) in [6.45, 7) is 7.72. The molecule has 2 rings (SSSR count). The first-order chi connectivity index (χ1) is 13.3. The molecule has 0 bridgehead atoms. The van der Waals surface area contributed by atoms with Gasteiger partial charge in [0.15, 0.2) is 16.7 Å². The van der Waals surface area contributed by atoms with Crippen LogP contribution >= 0.6 is 34.4 Å². The van der Waals surface area contributed by atoms with E-state index < -0.39 is 0 Å². The van der Waals surface area contributed by atoms with Crippen LogP contribution in [0.3, 0.4) is 0 Å². The SMILES string of the molecule is COc1cc(/C=N\NC(=O)CSc2nc(C)cc(C)n2)cc(I)c1OC(C)C. The molecule has 0 aliphatic carbocycles. The lowest BCUT2D eigenvalue weighted by molar-refractivity contribution is -0.118. The van der Waals surface area contributed by atoms with Gasteiger partial charge in [-0.2, -0.15) is 5.10 Å². The Balaban J connectivity index is 1.96. The zero-order valence-corrected chi connectivity index (χ0v) is 19.4. The van der Waals surface area contributed by atoms with Crippen molar-refractivity contribution in [3.05, 3.63) is 38.7 Å². The molecule has 0 aliphatic heterocycles. The molecule has 0 spiro atoms. The van der Waals surface area contributed by atoms with Crippen LogP contribution in [-0.4, -0.2) is 41.1 Å². The average Bonchev–Trinajstić information content (AvgIpc) is 2.61. The van der Waals surface area contributed by atoms with Gasteiger partial charge in [-0.05, 0) is 74.0 Å². The minimum atomic E-state index is -0.231. The summed E-state index contributed by atoms with van der Waals surface area (Å²) in [7, 11) is 1.59. The lowest BCUT2D eigenvalue weighted by Gasteiger charge is -2.15. The molecule has 28 heavy (non-hydrogen) atoms. The topological polar surface area (TPSA) is 85.7 Å². The highest BCUT2D eigenvalue weighted by atomic mass is 127. The molecule has 0 unspecified atom stereocenters. The summed E-state index contributed by atoms with van der Waals surface area (Å²) in [5.74, 6) is 1.27. The molecule has 0 fully saturated rings. The van der Waals surface area contributed by atoms with E-state index >= 15 is 0 Å². The van der Waals surface area contributed by atoms with Crippen molar-refractivity contribution in [1.29, 1.82) is 0 Å². The number of methoxy groups -OCH3 is 1. The molecule has 7 nitrogen and oxygen atoms in total. The fraction of sp³-hybridized carbons (Fsp3) is 0.368. The van der Waals surface area contributed by atoms with Crippen LogP contribution in [0.4, 0.5) is 0 Å². The molecular weight excluding hydrogens is 491 g/mol. The summed E-state index contributed by atoms with van der Waals surface area (Å²) < 4.78 is 12.1. The number of carbonyl (C=O) groups excluding carboxylic acids is 1. The molecule has 0 aliphatic rings. The fourth-order valence-electron chi connectivity index (χ4n) is 2.26. The molecule has 0 radical (unpaired) electrons. The highest BCUT2D eigenvalue weighted by Gasteiger charge is 2.12. The minimum Gasteiger partial charge on any atom is -0.493 e. The monoisotopic (exact) mass is 514 g/mol. The Morgan fingerprint density at radius 1 is 1.29 bits per heavy atom. The molecule has 1 heterocycles. The maximum Gasteiger partial charge on any atom is 0.250 e. The van der Waals surface area contributed by atoms with Crippen LogP contribution in [0.2, 0.25) is 0 Å². The van der Waals surface area contributed by atoms with E-state index in [1.54, 1.807) is 13.3 Å². The van der Waals surface area contributed by atoms with Crippen molar-refractivity contribution < 1.29 is 14.3 Å². The molecular formula is C19H23IN4O3S. The van der Waals surface area contributed by atoms with Crippen LogP contribution in [-0.2, 0) is 4.79 Å². The van der Waals surface area contributed by atoms with E-state index in [1.165, 1.54) is 11.8 Å².